The van der Waals surface area contributed by atoms with Gasteiger partial charge in [-0.05, 0) is 30.3 Å². The maximum atomic E-state index is 12.3. The summed E-state index contributed by atoms with van der Waals surface area (Å²) >= 11 is 0. The highest BCUT2D eigenvalue weighted by molar-refractivity contribution is 5.99. The number of hydrogen-bond donors (Lipinski definition) is 1. The number of rotatable bonds is 4. The molecule has 0 saturated carbocycles. The summed E-state index contributed by atoms with van der Waals surface area (Å²) in [5.41, 5.74) is 1.38. The summed E-state index contributed by atoms with van der Waals surface area (Å²) < 4.78 is 5.12. The number of nitrogens with zero attached hydrogens (tertiary/aromatic N) is 1. The number of para-hydroxylation sites is 1. The summed E-state index contributed by atoms with van der Waals surface area (Å²) in [6.45, 7) is 0.485. The van der Waals surface area contributed by atoms with Crippen molar-refractivity contribution in [2.45, 2.75) is 12.5 Å². The van der Waals surface area contributed by atoms with Crippen LogP contribution < -0.4 is 15.0 Å². The third-order valence-corrected chi connectivity index (χ3v) is 3.86. The summed E-state index contributed by atoms with van der Waals surface area (Å²) in [5, 5.41) is 2.92. The van der Waals surface area contributed by atoms with Crippen LogP contribution in [0.25, 0.3) is 0 Å². The van der Waals surface area contributed by atoms with Crippen molar-refractivity contribution >= 4 is 17.5 Å². The van der Waals surface area contributed by atoms with E-state index >= 15 is 0 Å². The maximum Gasteiger partial charge on any atom is 0.251 e. The average Bonchev–Trinajstić information content (AvgIpc) is 2.96. The van der Waals surface area contributed by atoms with Crippen LogP contribution in [0, 0.1) is 0 Å². The Balaban J connectivity index is 1.67. The Hall–Kier alpha value is -2.82. The molecule has 23 heavy (non-hydrogen) atoms. The first-order valence-corrected chi connectivity index (χ1v) is 7.47. The third-order valence-electron chi connectivity index (χ3n) is 3.86. The van der Waals surface area contributed by atoms with Gasteiger partial charge in [0.05, 0.1) is 13.2 Å². The molecular formula is C18H18N2O3. The average molecular weight is 310 g/mol. The van der Waals surface area contributed by atoms with Gasteiger partial charge >= 0.3 is 0 Å². The molecule has 1 N–H and O–H groups in total. The van der Waals surface area contributed by atoms with E-state index in [9.17, 15) is 9.59 Å². The Morgan fingerprint density at radius 2 is 1.96 bits per heavy atom. The highest BCUT2D eigenvalue weighted by Crippen LogP contribution is 2.21. The molecular weight excluding hydrogens is 292 g/mol. The van der Waals surface area contributed by atoms with Crippen molar-refractivity contribution in [3.05, 3.63) is 60.2 Å². The summed E-state index contributed by atoms with van der Waals surface area (Å²) in [7, 11) is 1.56. The van der Waals surface area contributed by atoms with Crippen LogP contribution in [0.5, 0.6) is 5.75 Å². The molecule has 118 valence electrons. The second-order valence-corrected chi connectivity index (χ2v) is 5.45. The molecule has 0 aliphatic carbocycles. The van der Waals surface area contributed by atoms with E-state index in [0.717, 1.165) is 5.69 Å². The van der Waals surface area contributed by atoms with Crippen molar-refractivity contribution in [1.29, 1.82) is 0 Å². The van der Waals surface area contributed by atoms with Gasteiger partial charge in [0, 0.05) is 24.2 Å². The minimum absolute atomic E-state index is 0.0205. The zero-order chi connectivity index (χ0) is 16.2. The van der Waals surface area contributed by atoms with Crippen LogP contribution in [0.3, 0.4) is 0 Å². The van der Waals surface area contributed by atoms with E-state index in [0.29, 0.717) is 24.3 Å². The molecule has 1 saturated heterocycles. The van der Waals surface area contributed by atoms with Gasteiger partial charge in [-0.1, -0.05) is 24.3 Å². The minimum atomic E-state index is -0.198. The lowest BCUT2D eigenvalue weighted by Gasteiger charge is -2.17. The van der Waals surface area contributed by atoms with Gasteiger partial charge < -0.3 is 15.0 Å². The highest BCUT2D eigenvalue weighted by Gasteiger charge is 2.31. The van der Waals surface area contributed by atoms with Crippen LogP contribution in [0.2, 0.25) is 0 Å². The number of benzene rings is 2. The van der Waals surface area contributed by atoms with Crippen LogP contribution in [0.1, 0.15) is 16.8 Å². The Bertz CT molecular complexity index is 715. The number of ether oxygens (including phenoxy) is 1. The molecule has 1 heterocycles. The molecule has 2 aromatic carbocycles. The van der Waals surface area contributed by atoms with Crippen molar-refractivity contribution in [3.8, 4) is 5.75 Å². The van der Waals surface area contributed by atoms with E-state index in [-0.39, 0.29) is 17.9 Å². The maximum absolute atomic E-state index is 12.3. The van der Waals surface area contributed by atoms with Gasteiger partial charge in [-0.25, -0.2) is 0 Å². The van der Waals surface area contributed by atoms with Crippen LogP contribution in [-0.2, 0) is 4.79 Å². The van der Waals surface area contributed by atoms with Gasteiger partial charge in [0.1, 0.15) is 5.75 Å². The molecule has 0 spiro atoms. The summed E-state index contributed by atoms with van der Waals surface area (Å²) in [5.74, 6) is 0.454. The zero-order valence-corrected chi connectivity index (χ0v) is 12.9. The Kier molecular flexibility index (Phi) is 4.28. The number of carbonyl (C=O) groups excluding carboxylic acids is 2. The van der Waals surface area contributed by atoms with Crippen LogP contribution in [0.4, 0.5) is 5.69 Å². The fraction of sp³-hybridized carbons (Fsp3) is 0.222. The van der Waals surface area contributed by atoms with E-state index in [1.165, 1.54) is 0 Å². The molecule has 1 atom stereocenters. The van der Waals surface area contributed by atoms with Gasteiger partial charge in [-0.3, -0.25) is 9.59 Å². The van der Waals surface area contributed by atoms with Crippen LogP contribution in [0.15, 0.2) is 54.6 Å². The van der Waals surface area contributed by atoms with Gasteiger partial charge in [-0.2, -0.15) is 0 Å². The SMILES string of the molecule is COc1cccc(C(=O)NC2CC(=O)N(c3ccccc3)C2)c1. The zero-order valence-electron chi connectivity index (χ0n) is 12.9. The summed E-state index contributed by atoms with van der Waals surface area (Å²) in [6, 6.07) is 16.2. The molecule has 2 amide bonds. The fourth-order valence-electron chi connectivity index (χ4n) is 2.69. The molecule has 1 fully saturated rings. The summed E-state index contributed by atoms with van der Waals surface area (Å²) in [6.07, 6.45) is 0.310. The Morgan fingerprint density at radius 1 is 1.17 bits per heavy atom. The van der Waals surface area contributed by atoms with Gasteiger partial charge in [0.2, 0.25) is 5.91 Å². The molecule has 1 unspecified atom stereocenters. The normalized spacial score (nSPS) is 17.2. The van der Waals surface area contributed by atoms with Crippen molar-refractivity contribution < 1.29 is 14.3 Å². The number of carbonyl (C=O) groups is 2. The van der Waals surface area contributed by atoms with Gasteiger partial charge in [0.15, 0.2) is 0 Å². The molecule has 0 aromatic heterocycles. The third kappa shape index (κ3) is 3.34. The lowest BCUT2D eigenvalue weighted by atomic mass is 10.1. The molecule has 1 aliphatic heterocycles. The molecule has 5 nitrogen and oxygen atoms in total. The number of amides is 2. The second kappa shape index (κ2) is 6.52. The monoisotopic (exact) mass is 310 g/mol. The van der Waals surface area contributed by atoms with Crippen LogP contribution in [-0.4, -0.2) is 31.5 Å². The highest BCUT2D eigenvalue weighted by atomic mass is 16.5. The van der Waals surface area contributed by atoms with E-state index in [1.54, 1.807) is 36.3 Å². The molecule has 1 aliphatic rings. The largest absolute Gasteiger partial charge is 0.497 e. The Labute approximate surface area is 134 Å². The first-order chi connectivity index (χ1) is 11.2. The molecule has 5 heteroatoms. The van der Waals surface area contributed by atoms with Crippen molar-refractivity contribution in [2.24, 2.45) is 0 Å². The molecule has 2 aromatic rings. The molecule has 3 rings (SSSR count). The first-order valence-electron chi connectivity index (χ1n) is 7.47. The van der Waals surface area contributed by atoms with Gasteiger partial charge in [-0.15, -0.1) is 0 Å². The number of hydrogen-bond acceptors (Lipinski definition) is 3. The smallest absolute Gasteiger partial charge is 0.251 e. The molecule has 0 radical (unpaired) electrons. The topological polar surface area (TPSA) is 58.6 Å². The van der Waals surface area contributed by atoms with Crippen molar-refractivity contribution in [1.82, 2.24) is 5.32 Å². The standard InChI is InChI=1S/C18H18N2O3/c1-23-16-9-5-6-13(10-16)18(22)19-14-11-17(21)20(12-14)15-7-3-2-4-8-15/h2-10,14H,11-12H2,1H3,(H,19,22). The quantitative estimate of drug-likeness (QED) is 0.942. The van der Waals surface area contributed by atoms with E-state index < -0.39 is 0 Å². The van der Waals surface area contributed by atoms with Crippen LogP contribution >= 0.6 is 0 Å². The van der Waals surface area contributed by atoms with E-state index in [4.69, 9.17) is 4.74 Å². The predicted molar refractivity (Wildman–Crippen MR) is 87.7 cm³/mol. The lowest BCUT2D eigenvalue weighted by molar-refractivity contribution is -0.117. The fourth-order valence-corrected chi connectivity index (χ4v) is 2.69. The molecule has 0 bridgehead atoms. The number of nitrogens with one attached hydrogen (secondary N) is 1. The number of methoxy groups -OCH3 is 1. The van der Waals surface area contributed by atoms with Gasteiger partial charge in [0.25, 0.3) is 5.91 Å². The Morgan fingerprint density at radius 3 is 2.70 bits per heavy atom. The second-order valence-electron chi connectivity index (χ2n) is 5.45. The predicted octanol–water partition coefficient (Wildman–Crippen LogP) is 2.23. The van der Waals surface area contributed by atoms with E-state index in [1.807, 2.05) is 30.3 Å². The van der Waals surface area contributed by atoms with Crippen molar-refractivity contribution in [2.75, 3.05) is 18.6 Å². The lowest BCUT2D eigenvalue weighted by Crippen LogP contribution is -2.37. The minimum Gasteiger partial charge on any atom is -0.497 e. The number of anilines is 1. The van der Waals surface area contributed by atoms with Crippen molar-refractivity contribution in [3.63, 3.8) is 0 Å². The van der Waals surface area contributed by atoms with E-state index in [2.05, 4.69) is 5.32 Å². The first kappa shape index (κ1) is 15.1. The summed E-state index contributed by atoms with van der Waals surface area (Å²) in [4.78, 5) is 26.2.